The molecule has 0 unspecified atom stereocenters. The fraction of sp³-hybridized carbons (Fsp3) is 0.579. The number of hydrogen-bond donors (Lipinski definition) is 1. The van der Waals surface area contributed by atoms with Gasteiger partial charge in [-0.25, -0.2) is 5.43 Å². The summed E-state index contributed by atoms with van der Waals surface area (Å²) in [7, 11) is 0. The largest absolute Gasteiger partial charge is 0.481 e. The second-order valence-electron chi connectivity index (χ2n) is 7.18. The number of amides is 1. The van der Waals surface area contributed by atoms with Crippen LogP contribution in [0.2, 0.25) is 5.02 Å². The van der Waals surface area contributed by atoms with E-state index in [0.29, 0.717) is 16.7 Å². The lowest BCUT2D eigenvalue weighted by atomic mass is 9.86. The first-order valence-electron chi connectivity index (χ1n) is 8.71. The Kier molecular flexibility index (Phi) is 5.14. The zero-order chi connectivity index (χ0) is 17.3. The predicted octanol–water partition coefficient (Wildman–Crippen LogP) is 4.34. The second-order valence-corrected chi connectivity index (χ2v) is 7.62. The molecule has 1 N–H and O–H groups in total. The molecule has 2 saturated carbocycles. The Bertz CT molecular complexity index is 659. The van der Waals surface area contributed by atoms with Gasteiger partial charge in [-0.2, -0.15) is 5.10 Å². The molecule has 1 amide bonds. The number of fused-ring (bicyclic) bond motifs is 2. The van der Waals surface area contributed by atoms with Gasteiger partial charge in [-0.1, -0.05) is 18.0 Å². The molecule has 1 aromatic rings. The van der Waals surface area contributed by atoms with Crippen molar-refractivity contribution >= 4 is 23.2 Å². The van der Waals surface area contributed by atoms with Gasteiger partial charge >= 0.3 is 0 Å². The second kappa shape index (κ2) is 7.14. The lowest BCUT2D eigenvalue weighted by Crippen LogP contribution is -2.34. The highest BCUT2D eigenvalue weighted by Gasteiger charge is 2.40. The summed E-state index contributed by atoms with van der Waals surface area (Å²) in [5.41, 5.74) is 4.62. The molecule has 2 bridgehead atoms. The highest BCUT2D eigenvalue weighted by molar-refractivity contribution is 6.30. The Morgan fingerprint density at radius 1 is 1.38 bits per heavy atom. The summed E-state index contributed by atoms with van der Waals surface area (Å²) in [5, 5.41) is 5.00. The third-order valence-electron chi connectivity index (χ3n) is 5.43. The molecule has 5 heteroatoms. The van der Waals surface area contributed by atoms with Crippen molar-refractivity contribution in [3.05, 3.63) is 28.8 Å². The van der Waals surface area contributed by atoms with Crippen LogP contribution in [0.5, 0.6) is 5.75 Å². The summed E-state index contributed by atoms with van der Waals surface area (Å²) in [6.07, 6.45) is 4.63. The molecule has 0 aromatic heterocycles. The molecule has 0 heterocycles. The number of benzene rings is 1. The summed E-state index contributed by atoms with van der Waals surface area (Å²) < 4.78 is 5.73. The maximum Gasteiger partial charge on any atom is 0.280 e. The van der Waals surface area contributed by atoms with Gasteiger partial charge in [0.05, 0.1) is 0 Å². The molecular weight excluding hydrogens is 324 g/mol. The zero-order valence-corrected chi connectivity index (χ0v) is 15.3. The predicted molar refractivity (Wildman–Crippen MR) is 96.5 cm³/mol. The van der Waals surface area contributed by atoms with Crippen molar-refractivity contribution in [1.29, 1.82) is 0 Å². The summed E-state index contributed by atoms with van der Waals surface area (Å²) in [6.45, 7) is 5.66. The fourth-order valence-electron chi connectivity index (χ4n) is 4.06. The van der Waals surface area contributed by atoms with Gasteiger partial charge in [0.1, 0.15) is 5.75 Å². The normalized spacial score (nSPS) is 27.2. The van der Waals surface area contributed by atoms with Crippen LogP contribution in [0.4, 0.5) is 0 Å². The van der Waals surface area contributed by atoms with Gasteiger partial charge in [0.2, 0.25) is 0 Å². The first-order chi connectivity index (χ1) is 11.4. The van der Waals surface area contributed by atoms with Crippen molar-refractivity contribution in [3.8, 4) is 5.75 Å². The molecular formula is C19H25ClN2O2. The number of nitrogens with one attached hydrogen (secondary N) is 1. The number of halogens is 1. The van der Waals surface area contributed by atoms with Crippen molar-refractivity contribution in [2.45, 2.75) is 52.6 Å². The van der Waals surface area contributed by atoms with E-state index in [1.165, 1.54) is 25.7 Å². The van der Waals surface area contributed by atoms with Gasteiger partial charge in [-0.15, -0.1) is 0 Å². The van der Waals surface area contributed by atoms with Crippen LogP contribution in [-0.4, -0.2) is 17.7 Å². The van der Waals surface area contributed by atoms with Crippen LogP contribution in [0.1, 0.15) is 45.1 Å². The Hall–Kier alpha value is -1.55. The first-order valence-corrected chi connectivity index (χ1v) is 9.08. The molecule has 24 heavy (non-hydrogen) atoms. The standard InChI is InChI=1S/C19H25ClN2O2/c1-11-8-16(20)6-7-18(11)24-13(3)19(23)22-21-12(2)17-10-14-4-5-15(17)9-14/h6-8,13-15,17H,4-5,9-10H2,1-3H3,(H,22,23)/b21-12+/t13-,14+,15+,17+/m0/s1. The maximum absolute atomic E-state index is 12.2. The molecule has 3 rings (SSSR count). The molecule has 2 aliphatic carbocycles. The van der Waals surface area contributed by atoms with Gasteiger partial charge < -0.3 is 4.74 Å². The van der Waals surface area contributed by atoms with Crippen molar-refractivity contribution in [3.63, 3.8) is 0 Å². The number of hydrazone groups is 1. The molecule has 2 fully saturated rings. The first kappa shape index (κ1) is 17.3. The minimum absolute atomic E-state index is 0.230. The SMILES string of the molecule is C/C(=N\NC(=O)[C@H](C)Oc1ccc(Cl)cc1C)[C@H]1C[C@@H]2CC[C@@H]1C2. The van der Waals surface area contributed by atoms with Gasteiger partial charge in [0.25, 0.3) is 5.91 Å². The molecule has 130 valence electrons. The number of aryl methyl sites for hydroxylation is 1. The van der Waals surface area contributed by atoms with Crippen molar-refractivity contribution in [1.82, 2.24) is 5.43 Å². The Morgan fingerprint density at radius 2 is 2.17 bits per heavy atom. The fourth-order valence-corrected chi connectivity index (χ4v) is 4.29. The summed E-state index contributed by atoms with van der Waals surface area (Å²) in [4.78, 5) is 12.2. The molecule has 0 spiro atoms. The number of rotatable bonds is 5. The third kappa shape index (κ3) is 3.75. The molecule has 2 aliphatic rings. The van der Waals surface area contributed by atoms with Gasteiger partial charge in [0, 0.05) is 16.7 Å². The van der Waals surface area contributed by atoms with E-state index in [1.807, 2.05) is 19.9 Å². The Morgan fingerprint density at radius 3 is 2.79 bits per heavy atom. The smallest absolute Gasteiger partial charge is 0.280 e. The van der Waals surface area contributed by atoms with E-state index in [0.717, 1.165) is 23.1 Å². The van der Waals surface area contributed by atoms with Gasteiger partial charge in [-0.3, -0.25) is 4.79 Å². The topological polar surface area (TPSA) is 50.7 Å². The van der Waals surface area contributed by atoms with Crippen LogP contribution in [0.25, 0.3) is 0 Å². The van der Waals surface area contributed by atoms with E-state index in [1.54, 1.807) is 19.1 Å². The van der Waals surface area contributed by atoms with E-state index in [9.17, 15) is 4.79 Å². The van der Waals surface area contributed by atoms with Crippen molar-refractivity contribution < 1.29 is 9.53 Å². The van der Waals surface area contributed by atoms with Gasteiger partial charge in [0.15, 0.2) is 6.10 Å². The highest BCUT2D eigenvalue weighted by Crippen LogP contribution is 2.48. The third-order valence-corrected chi connectivity index (χ3v) is 5.66. The lowest BCUT2D eigenvalue weighted by molar-refractivity contribution is -0.127. The molecule has 0 aliphatic heterocycles. The van der Waals surface area contributed by atoms with E-state index < -0.39 is 6.10 Å². The average molecular weight is 349 g/mol. The van der Waals surface area contributed by atoms with E-state index in [-0.39, 0.29) is 5.91 Å². The Balaban J connectivity index is 1.55. The average Bonchev–Trinajstić information content (AvgIpc) is 3.17. The highest BCUT2D eigenvalue weighted by atomic mass is 35.5. The zero-order valence-electron chi connectivity index (χ0n) is 14.5. The number of carbonyl (C=O) groups is 1. The van der Waals surface area contributed by atoms with Crippen LogP contribution >= 0.6 is 11.6 Å². The van der Waals surface area contributed by atoms with Crippen LogP contribution in [-0.2, 0) is 4.79 Å². The summed E-state index contributed by atoms with van der Waals surface area (Å²) in [5.74, 6) is 2.61. The minimum Gasteiger partial charge on any atom is -0.481 e. The summed E-state index contributed by atoms with van der Waals surface area (Å²) in [6, 6.07) is 5.36. The van der Waals surface area contributed by atoms with Crippen LogP contribution in [0.15, 0.2) is 23.3 Å². The molecule has 4 atom stereocenters. The monoisotopic (exact) mass is 348 g/mol. The quantitative estimate of drug-likeness (QED) is 0.635. The molecule has 0 saturated heterocycles. The van der Waals surface area contributed by atoms with Crippen molar-refractivity contribution in [2.75, 3.05) is 0 Å². The van der Waals surface area contributed by atoms with Crippen LogP contribution < -0.4 is 10.2 Å². The molecule has 1 aromatic carbocycles. The number of ether oxygens (including phenoxy) is 1. The van der Waals surface area contributed by atoms with Crippen LogP contribution in [0, 0.1) is 24.7 Å². The van der Waals surface area contributed by atoms with Gasteiger partial charge in [-0.05, 0) is 75.6 Å². The lowest BCUT2D eigenvalue weighted by Gasteiger charge is -2.21. The maximum atomic E-state index is 12.2. The van der Waals surface area contributed by atoms with Crippen molar-refractivity contribution in [2.24, 2.45) is 22.9 Å². The van der Waals surface area contributed by atoms with E-state index in [2.05, 4.69) is 10.5 Å². The molecule has 0 radical (unpaired) electrons. The van der Waals surface area contributed by atoms with Crippen LogP contribution in [0.3, 0.4) is 0 Å². The molecule has 4 nitrogen and oxygen atoms in total. The Labute approximate surface area is 148 Å². The number of hydrogen-bond acceptors (Lipinski definition) is 3. The summed E-state index contributed by atoms with van der Waals surface area (Å²) >= 11 is 5.94. The minimum atomic E-state index is -0.610. The van der Waals surface area contributed by atoms with E-state index >= 15 is 0 Å². The van der Waals surface area contributed by atoms with E-state index in [4.69, 9.17) is 16.3 Å². The number of carbonyl (C=O) groups excluding carboxylic acids is 1. The number of nitrogens with zero attached hydrogens (tertiary/aromatic N) is 1.